The van der Waals surface area contributed by atoms with Gasteiger partial charge in [0.2, 0.25) is 0 Å². The van der Waals surface area contributed by atoms with E-state index in [1.807, 2.05) is 49.6 Å². The third kappa shape index (κ3) is 5.65. The second-order valence-electron chi connectivity index (χ2n) is 5.84. The molecule has 0 spiro atoms. The predicted molar refractivity (Wildman–Crippen MR) is 105 cm³/mol. The lowest BCUT2D eigenvalue weighted by Crippen LogP contribution is -2.38. The fourth-order valence-electron chi connectivity index (χ4n) is 2.60. The molecule has 0 aliphatic heterocycles. The largest absolute Gasteiger partial charge is 0.497 e. The summed E-state index contributed by atoms with van der Waals surface area (Å²) in [5.74, 6) is 2.45. The molecule has 0 aliphatic carbocycles. The first-order valence-corrected chi connectivity index (χ1v) is 8.78. The molecule has 0 saturated carbocycles. The summed E-state index contributed by atoms with van der Waals surface area (Å²) < 4.78 is 10.8. The average Bonchev–Trinajstić information content (AvgIpc) is 2.68. The quantitative estimate of drug-likeness (QED) is 0.582. The van der Waals surface area contributed by atoms with E-state index in [2.05, 4.69) is 22.1 Å². The SMILES string of the molecule is CCNC(=NCCc1ccccn1)N(C)Cc1ccc(OC)cc1OC. The molecule has 1 aromatic heterocycles. The monoisotopic (exact) mass is 356 g/mol. The zero-order valence-corrected chi connectivity index (χ0v) is 16.0. The Morgan fingerprint density at radius 2 is 2.04 bits per heavy atom. The van der Waals surface area contributed by atoms with Gasteiger partial charge in [0, 0.05) is 56.6 Å². The number of ether oxygens (including phenoxy) is 2. The zero-order valence-electron chi connectivity index (χ0n) is 16.0. The van der Waals surface area contributed by atoms with E-state index in [-0.39, 0.29) is 0 Å². The number of nitrogens with zero attached hydrogens (tertiary/aromatic N) is 3. The van der Waals surface area contributed by atoms with Crippen LogP contribution in [0.1, 0.15) is 18.2 Å². The van der Waals surface area contributed by atoms with Crippen LogP contribution in [0.4, 0.5) is 0 Å². The van der Waals surface area contributed by atoms with Crippen LogP contribution >= 0.6 is 0 Å². The van der Waals surface area contributed by atoms with Crippen LogP contribution in [0.15, 0.2) is 47.6 Å². The highest BCUT2D eigenvalue weighted by molar-refractivity contribution is 5.79. The molecule has 2 rings (SSSR count). The van der Waals surface area contributed by atoms with Gasteiger partial charge < -0.3 is 19.7 Å². The number of methoxy groups -OCH3 is 2. The first-order valence-electron chi connectivity index (χ1n) is 8.78. The molecule has 1 N–H and O–H groups in total. The summed E-state index contributed by atoms with van der Waals surface area (Å²) in [4.78, 5) is 11.2. The Kier molecular flexibility index (Phi) is 7.74. The number of benzene rings is 1. The predicted octanol–water partition coefficient (Wildman–Crippen LogP) is 2.74. The normalized spacial score (nSPS) is 11.2. The molecule has 2 aromatic rings. The van der Waals surface area contributed by atoms with Gasteiger partial charge in [0.25, 0.3) is 0 Å². The molecule has 0 radical (unpaired) electrons. The van der Waals surface area contributed by atoms with Crippen molar-refractivity contribution in [1.82, 2.24) is 15.2 Å². The second kappa shape index (κ2) is 10.3. The van der Waals surface area contributed by atoms with Gasteiger partial charge in [-0.2, -0.15) is 0 Å². The van der Waals surface area contributed by atoms with Crippen molar-refractivity contribution in [2.45, 2.75) is 19.9 Å². The van der Waals surface area contributed by atoms with Crippen LogP contribution in [0.25, 0.3) is 0 Å². The van der Waals surface area contributed by atoms with Crippen LogP contribution in [0, 0.1) is 0 Å². The summed E-state index contributed by atoms with van der Waals surface area (Å²) in [5, 5.41) is 3.34. The molecule has 26 heavy (non-hydrogen) atoms. The minimum Gasteiger partial charge on any atom is -0.497 e. The van der Waals surface area contributed by atoms with Gasteiger partial charge in [-0.1, -0.05) is 6.07 Å². The number of aliphatic imine (C=N–C) groups is 1. The van der Waals surface area contributed by atoms with Gasteiger partial charge >= 0.3 is 0 Å². The molecule has 0 bridgehead atoms. The van der Waals surface area contributed by atoms with E-state index < -0.39 is 0 Å². The highest BCUT2D eigenvalue weighted by atomic mass is 16.5. The Hall–Kier alpha value is -2.76. The van der Waals surface area contributed by atoms with Crippen LogP contribution in [-0.2, 0) is 13.0 Å². The molecule has 0 fully saturated rings. The molecular weight excluding hydrogens is 328 g/mol. The minimum atomic E-state index is 0.683. The number of hydrogen-bond donors (Lipinski definition) is 1. The summed E-state index contributed by atoms with van der Waals surface area (Å²) in [7, 11) is 5.34. The van der Waals surface area contributed by atoms with E-state index >= 15 is 0 Å². The second-order valence-corrected chi connectivity index (χ2v) is 5.84. The zero-order chi connectivity index (χ0) is 18.8. The van der Waals surface area contributed by atoms with E-state index in [9.17, 15) is 0 Å². The Morgan fingerprint density at radius 3 is 2.69 bits per heavy atom. The van der Waals surface area contributed by atoms with Crippen molar-refractivity contribution in [3.63, 3.8) is 0 Å². The average molecular weight is 356 g/mol. The lowest BCUT2D eigenvalue weighted by atomic mass is 10.2. The topological polar surface area (TPSA) is 59.0 Å². The fourth-order valence-corrected chi connectivity index (χ4v) is 2.60. The highest BCUT2D eigenvalue weighted by Gasteiger charge is 2.11. The van der Waals surface area contributed by atoms with Crippen LogP contribution in [0.2, 0.25) is 0 Å². The Balaban J connectivity index is 2.05. The Morgan fingerprint density at radius 1 is 1.19 bits per heavy atom. The van der Waals surface area contributed by atoms with Gasteiger partial charge in [-0.25, -0.2) is 0 Å². The van der Waals surface area contributed by atoms with E-state index in [0.29, 0.717) is 13.1 Å². The molecule has 0 atom stereocenters. The molecule has 0 amide bonds. The molecule has 1 aromatic carbocycles. The number of guanidine groups is 1. The molecule has 6 heteroatoms. The van der Waals surface area contributed by atoms with Gasteiger partial charge in [0.1, 0.15) is 11.5 Å². The van der Waals surface area contributed by atoms with Crippen molar-refractivity contribution in [3.8, 4) is 11.5 Å². The molecule has 1 heterocycles. The van der Waals surface area contributed by atoms with Crippen molar-refractivity contribution in [2.24, 2.45) is 4.99 Å². The Bertz CT molecular complexity index is 704. The van der Waals surface area contributed by atoms with Gasteiger partial charge in [0.15, 0.2) is 5.96 Å². The third-order valence-corrected chi connectivity index (χ3v) is 3.95. The molecular formula is C20H28N4O2. The van der Waals surface area contributed by atoms with Crippen LogP contribution in [-0.4, -0.2) is 50.2 Å². The first kappa shape index (κ1) is 19.6. The maximum atomic E-state index is 5.49. The summed E-state index contributed by atoms with van der Waals surface area (Å²) in [6, 6.07) is 11.8. The van der Waals surface area contributed by atoms with Gasteiger partial charge in [0.05, 0.1) is 14.2 Å². The number of aromatic nitrogens is 1. The van der Waals surface area contributed by atoms with Gasteiger partial charge in [-0.05, 0) is 31.2 Å². The van der Waals surface area contributed by atoms with Crippen molar-refractivity contribution in [2.75, 3.05) is 34.4 Å². The van der Waals surface area contributed by atoms with Crippen molar-refractivity contribution in [1.29, 1.82) is 0 Å². The highest BCUT2D eigenvalue weighted by Crippen LogP contribution is 2.25. The first-order chi connectivity index (χ1) is 12.7. The van der Waals surface area contributed by atoms with E-state index in [1.165, 1.54) is 0 Å². The summed E-state index contributed by atoms with van der Waals surface area (Å²) in [5.41, 5.74) is 2.12. The molecule has 0 unspecified atom stereocenters. The molecule has 0 saturated heterocycles. The molecule has 6 nitrogen and oxygen atoms in total. The van der Waals surface area contributed by atoms with Crippen LogP contribution in [0.3, 0.4) is 0 Å². The molecule has 140 valence electrons. The van der Waals surface area contributed by atoms with Crippen molar-refractivity contribution >= 4 is 5.96 Å². The summed E-state index contributed by atoms with van der Waals surface area (Å²) in [6.07, 6.45) is 2.63. The summed E-state index contributed by atoms with van der Waals surface area (Å²) in [6.45, 7) is 4.24. The Labute approximate surface area is 155 Å². The van der Waals surface area contributed by atoms with Crippen LogP contribution in [0.5, 0.6) is 11.5 Å². The maximum absolute atomic E-state index is 5.49. The minimum absolute atomic E-state index is 0.683. The van der Waals surface area contributed by atoms with Crippen molar-refractivity contribution in [3.05, 3.63) is 53.9 Å². The number of hydrogen-bond acceptors (Lipinski definition) is 4. The van der Waals surface area contributed by atoms with E-state index in [4.69, 9.17) is 14.5 Å². The standard InChI is InChI=1S/C20H28N4O2/c1-5-21-20(23-13-11-17-8-6-7-12-22-17)24(2)15-16-9-10-18(25-3)14-19(16)26-4/h6-10,12,14H,5,11,13,15H2,1-4H3,(H,21,23). The molecule has 0 aliphatic rings. The third-order valence-electron chi connectivity index (χ3n) is 3.95. The lowest BCUT2D eigenvalue weighted by Gasteiger charge is -2.23. The lowest BCUT2D eigenvalue weighted by molar-refractivity contribution is 0.382. The van der Waals surface area contributed by atoms with Crippen molar-refractivity contribution < 1.29 is 9.47 Å². The smallest absolute Gasteiger partial charge is 0.193 e. The van der Waals surface area contributed by atoms with Gasteiger partial charge in [-0.3, -0.25) is 9.98 Å². The maximum Gasteiger partial charge on any atom is 0.193 e. The summed E-state index contributed by atoms with van der Waals surface area (Å²) >= 11 is 0. The number of pyridine rings is 1. The number of rotatable bonds is 8. The number of nitrogens with one attached hydrogen (secondary N) is 1. The van der Waals surface area contributed by atoms with E-state index in [0.717, 1.165) is 41.7 Å². The van der Waals surface area contributed by atoms with E-state index in [1.54, 1.807) is 14.2 Å². The van der Waals surface area contributed by atoms with Crippen LogP contribution < -0.4 is 14.8 Å². The van der Waals surface area contributed by atoms with Gasteiger partial charge in [-0.15, -0.1) is 0 Å². The fraction of sp³-hybridized carbons (Fsp3) is 0.400.